The van der Waals surface area contributed by atoms with Crippen LogP contribution in [0.25, 0.3) is 0 Å². The number of aromatic nitrogens is 2. The fourth-order valence-corrected chi connectivity index (χ4v) is 1.88. The number of rotatable bonds is 2. The molecule has 0 radical (unpaired) electrons. The molecule has 5 nitrogen and oxygen atoms in total. The normalized spacial score (nSPS) is 13.1. The third kappa shape index (κ3) is 1.84. The van der Waals surface area contributed by atoms with Crippen LogP contribution in [0.4, 0.5) is 5.69 Å². The summed E-state index contributed by atoms with van der Waals surface area (Å²) in [6.45, 7) is 2.62. The molecule has 1 aliphatic heterocycles. The van der Waals surface area contributed by atoms with E-state index in [9.17, 15) is 0 Å². The molecule has 92 valence electrons. The molecule has 0 amide bonds. The number of aryl methyl sites for hydroxylation is 1. The lowest BCUT2D eigenvalue weighted by atomic mass is 10.2. The van der Waals surface area contributed by atoms with Gasteiger partial charge in [-0.15, -0.1) is 0 Å². The maximum absolute atomic E-state index is 5.78. The van der Waals surface area contributed by atoms with E-state index in [4.69, 9.17) is 9.57 Å². The first-order valence-corrected chi connectivity index (χ1v) is 5.67. The third-order valence-corrected chi connectivity index (χ3v) is 2.82. The topological polar surface area (TPSA) is 47.5 Å². The van der Waals surface area contributed by atoms with E-state index < -0.39 is 0 Å². The van der Waals surface area contributed by atoms with E-state index in [2.05, 4.69) is 9.97 Å². The van der Waals surface area contributed by atoms with Crippen LogP contribution in [-0.4, -0.2) is 17.1 Å². The number of fused-ring (bicyclic) bond motifs is 1. The Bertz CT molecular complexity index is 586. The van der Waals surface area contributed by atoms with Crippen molar-refractivity contribution >= 4 is 5.69 Å². The van der Waals surface area contributed by atoms with Gasteiger partial charge in [0.1, 0.15) is 0 Å². The highest BCUT2D eigenvalue weighted by molar-refractivity contribution is 5.51. The van der Waals surface area contributed by atoms with E-state index >= 15 is 0 Å². The molecule has 3 rings (SSSR count). The second kappa shape index (κ2) is 4.18. The highest BCUT2D eigenvalue weighted by Crippen LogP contribution is 2.32. The van der Waals surface area contributed by atoms with Gasteiger partial charge in [-0.1, -0.05) is 0 Å². The van der Waals surface area contributed by atoms with Gasteiger partial charge < -0.3 is 9.57 Å². The molecule has 1 aliphatic rings. The second-order valence-electron chi connectivity index (χ2n) is 4.12. The molecular formula is C13H13N3O2. The van der Waals surface area contributed by atoms with Crippen LogP contribution in [0, 0.1) is 6.92 Å². The molecule has 18 heavy (non-hydrogen) atoms. The van der Waals surface area contributed by atoms with Gasteiger partial charge in [-0.25, -0.2) is 10.0 Å². The number of anilines is 1. The number of pyridine rings is 2. The summed E-state index contributed by atoms with van der Waals surface area (Å²) < 4.78 is 5.10. The molecule has 3 heterocycles. The Hall–Kier alpha value is -2.30. The molecule has 0 spiro atoms. The number of methoxy groups -OCH3 is 1. The first-order valence-electron chi connectivity index (χ1n) is 5.67. The highest BCUT2D eigenvalue weighted by atomic mass is 16.7. The maximum Gasteiger partial charge on any atom is 0.215 e. The minimum Gasteiger partial charge on any atom is -0.481 e. The summed E-state index contributed by atoms with van der Waals surface area (Å²) in [5.41, 5.74) is 2.94. The fourth-order valence-electron chi connectivity index (χ4n) is 1.88. The second-order valence-corrected chi connectivity index (χ2v) is 4.12. The van der Waals surface area contributed by atoms with Crippen molar-refractivity contribution in [2.24, 2.45) is 0 Å². The average molecular weight is 243 g/mol. The van der Waals surface area contributed by atoms with Crippen molar-refractivity contribution < 1.29 is 9.57 Å². The van der Waals surface area contributed by atoms with E-state index in [-0.39, 0.29) is 0 Å². The minimum atomic E-state index is 0.571. The number of hydrogen-bond donors (Lipinski definition) is 0. The lowest BCUT2D eigenvalue weighted by Crippen LogP contribution is -2.20. The monoisotopic (exact) mass is 243 g/mol. The molecule has 0 aliphatic carbocycles. The predicted octanol–water partition coefficient (Wildman–Crippen LogP) is 2.11. The van der Waals surface area contributed by atoms with Gasteiger partial charge in [-0.05, 0) is 13.0 Å². The molecule has 0 saturated carbocycles. The molecule has 0 aromatic carbocycles. The first-order chi connectivity index (χ1) is 8.76. The summed E-state index contributed by atoms with van der Waals surface area (Å²) in [5.74, 6) is 1.43. The predicted molar refractivity (Wildman–Crippen MR) is 66.6 cm³/mol. The summed E-state index contributed by atoms with van der Waals surface area (Å²) in [6.07, 6.45) is 3.55. The van der Waals surface area contributed by atoms with Crippen LogP contribution in [-0.2, 0) is 6.54 Å². The summed E-state index contributed by atoms with van der Waals surface area (Å²) in [4.78, 5) is 14.1. The van der Waals surface area contributed by atoms with Crippen LogP contribution in [0.3, 0.4) is 0 Å². The van der Waals surface area contributed by atoms with Crippen LogP contribution in [0.2, 0.25) is 0 Å². The lowest BCUT2D eigenvalue weighted by Gasteiger charge is -2.16. The summed E-state index contributed by atoms with van der Waals surface area (Å²) >= 11 is 0. The largest absolute Gasteiger partial charge is 0.481 e. The fraction of sp³-hybridized carbons (Fsp3) is 0.231. The summed E-state index contributed by atoms with van der Waals surface area (Å²) in [5, 5.41) is 1.80. The Kier molecular flexibility index (Phi) is 2.51. The Morgan fingerprint density at radius 1 is 1.33 bits per heavy atom. The van der Waals surface area contributed by atoms with Crippen LogP contribution in [0.5, 0.6) is 11.6 Å². The van der Waals surface area contributed by atoms with Gasteiger partial charge >= 0.3 is 0 Å². The molecule has 0 atom stereocenters. The van der Waals surface area contributed by atoms with E-state index in [1.807, 2.05) is 31.3 Å². The summed E-state index contributed by atoms with van der Waals surface area (Å²) in [7, 11) is 1.60. The van der Waals surface area contributed by atoms with E-state index in [1.54, 1.807) is 18.4 Å². The molecule has 0 bridgehead atoms. The zero-order valence-corrected chi connectivity index (χ0v) is 10.3. The zero-order valence-electron chi connectivity index (χ0n) is 10.3. The van der Waals surface area contributed by atoms with E-state index in [1.165, 1.54) is 0 Å². The molecule has 2 aromatic heterocycles. The van der Waals surface area contributed by atoms with Crippen LogP contribution >= 0.6 is 0 Å². The lowest BCUT2D eigenvalue weighted by molar-refractivity contribution is 0.307. The highest BCUT2D eigenvalue weighted by Gasteiger charge is 2.22. The molecule has 5 heteroatoms. The Balaban J connectivity index is 1.88. The van der Waals surface area contributed by atoms with E-state index in [0.29, 0.717) is 12.4 Å². The SMILES string of the molecule is COc1cc(N2Cc3cnc(C)cc3O2)ccn1. The molecular weight excluding hydrogens is 230 g/mol. The number of ether oxygens (including phenoxy) is 1. The number of nitrogens with zero attached hydrogens (tertiary/aromatic N) is 3. The minimum absolute atomic E-state index is 0.571. The van der Waals surface area contributed by atoms with Gasteiger partial charge in [-0.2, -0.15) is 0 Å². The first kappa shape index (κ1) is 10.8. The van der Waals surface area contributed by atoms with Crippen molar-refractivity contribution in [3.05, 3.63) is 41.9 Å². The van der Waals surface area contributed by atoms with Crippen molar-refractivity contribution in [3.63, 3.8) is 0 Å². The maximum atomic E-state index is 5.78. The van der Waals surface area contributed by atoms with Crippen molar-refractivity contribution in [1.82, 2.24) is 9.97 Å². The zero-order chi connectivity index (χ0) is 12.5. The van der Waals surface area contributed by atoms with Gasteiger partial charge in [0.2, 0.25) is 5.88 Å². The Labute approximate surface area is 105 Å². The van der Waals surface area contributed by atoms with Crippen molar-refractivity contribution in [2.45, 2.75) is 13.5 Å². The number of hydroxylamine groups is 1. The standard InChI is InChI=1S/C13H13N3O2/c1-9-5-12-10(7-15-9)8-16(18-12)11-3-4-14-13(6-11)17-2/h3-7H,8H2,1-2H3. The Morgan fingerprint density at radius 2 is 2.22 bits per heavy atom. The molecule has 0 saturated heterocycles. The van der Waals surface area contributed by atoms with Gasteiger partial charge in [0, 0.05) is 35.8 Å². The van der Waals surface area contributed by atoms with E-state index in [0.717, 1.165) is 22.7 Å². The average Bonchev–Trinajstić information content (AvgIpc) is 2.81. The van der Waals surface area contributed by atoms with Crippen molar-refractivity contribution in [2.75, 3.05) is 12.2 Å². The van der Waals surface area contributed by atoms with Crippen LogP contribution < -0.4 is 14.6 Å². The molecule has 0 N–H and O–H groups in total. The smallest absolute Gasteiger partial charge is 0.215 e. The molecule has 2 aromatic rings. The number of hydrogen-bond acceptors (Lipinski definition) is 5. The van der Waals surface area contributed by atoms with Gasteiger partial charge in [0.25, 0.3) is 0 Å². The quantitative estimate of drug-likeness (QED) is 0.808. The van der Waals surface area contributed by atoms with Crippen molar-refractivity contribution in [3.8, 4) is 11.6 Å². The summed E-state index contributed by atoms with van der Waals surface area (Å²) in [6, 6.07) is 5.66. The van der Waals surface area contributed by atoms with Crippen molar-refractivity contribution in [1.29, 1.82) is 0 Å². The van der Waals surface area contributed by atoms with Crippen LogP contribution in [0.1, 0.15) is 11.3 Å². The molecule has 0 fully saturated rings. The van der Waals surface area contributed by atoms with Gasteiger partial charge in [0.05, 0.1) is 19.3 Å². The molecule has 0 unspecified atom stereocenters. The Morgan fingerprint density at radius 3 is 3.06 bits per heavy atom. The van der Waals surface area contributed by atoms with Gasteiger partial charge in [-0.3, -0.25) is 4.98 Å². The van der Waals surface area contributed by atoms with Gasteiger partial charge in [0.15, 0.2) is 5.75 Å². The third-order valence-electron chi connectivity index (χ3n) is 2.82. The van der Waals surface area contributed by atoms with Crippen LogP contribution in [0.15, 0.2) is 30.6 Å².